The zero-order valence-corrected chi connectivity index (χ0v) is 17.4. The molecule has 2 amide bonds. The van der Waals surface area contributed by atoms with Crippen molar-refractivity contribution in [3.63, 3.8) is 0 Å². The van der Waals surface area contributed by atoms with Crippen LogP contribution in [0.1, 0.15) is 54.6 Å². The van der Waals surface area contributed by atoms with Crippen molar-refractivity contribution in [1.82, 2.24) is 9.88 Å². The third-order valence-corrected chi connectivity index (χ3v) is 6.68. The first kappa shape index (κ1) is 22.7. The normalized spacial score (nSPS) is 27.3. The molecule has 2 aliphatic carbocycles. The van der Waals surface area contributed by atoms with E-state index in [1.807, 2.05) is 0 Å². The van der Waals surface area contributed by atoms with Crippen LogP contribution in [-0.2, 0) is 9.59 Å². The molecule has 10 nitrogen and oxygen atoms in total. The number of aliphatic carboxylic acids is 1. The number of aromatic nitrogens is 1. The van der Waals surface area contributed by atoms with Gasteiger partial charge in [0.1, 0.15) is 17.6 Å². The van der Waals surface area contributed by atoms with Gasteiger partial charge in [0.25, 0.3) is 0 Å². The van der Waals surface area contributed by atoms with Crippen molar-refractivity contribution in [2.45, 2.75) is 50.6 Å². The van der Waals surface area contributed by atoms with E-state index in [1.54, 1.807) is 0 Å². The van der Waals surface area contributed by atoms with E-state index >= 15 is 0 Å². The van der Waals surface area contributed by atoms with Gasteiger partial charge in [-0.25, -0.2) is 4.79 Å². The molecular formula is C21H30N6O4. The molecule has 10 heteroatoms. The van der Waals surface area contributed by atoms with Gasteiger partial charge < -0.3 is 27.2 Å². The number of rotatable bonds is 5. The Morgan fingerprint density at radius 1 is 1.16 bits per heavy atom. The van der Waals surface area contributed by atoms with Crippen LogP contribution in [0.3, 0.4) is 0 Å². The number of amidine groups is 1. The van der Waals surface area contributed by atoms with Gasteiger partial charge in [-0.1, -0.05) is 6.42 Å². The van der Waals surface area contributed by atoms with Gasteiger partial charge in [0, 0.05) is 12.7 Å². The molecule has 2 heterocycles. The van der Waals surface area contributed by atoms with Crippen LogP contribution in [0.5, 0.6) is 0 Å². The Hall–Kier alpha value is -3.01. The number of nitrogen functional groups attached to an aromatic ring is 1. The van der Waals surface area contributed by atoms with Crippen molar-refractivity contribution in [2.75, 3.05) is 6.54 Å². The van der Waals surface area contributed by atoms with E-state index in [0.29, 0.717) is 30.1 Å². The van der Waals surface area contributed by atoms with Crippen molar-refractivity contribution in [1.29, 1.82) is 5.41 Å². The molecule has 1 aromatic rings. The second-order valence-electron chi connectivity index (χ2n) is 8.60. The first-order valence-corrected chi connectivity index (χ1v) is 10.6. The highest BCUT2D eigenvalue weighted by Gasteiger charge is 2.46. The van der Waals surface area contributed by atoms with E-state index in [4.69, 9.17) is 27.7 Å². The highest BCUT2D eigenvalue weighted by atomic mass is 16.4. The number of carboxylic acids is 1. The summed E-state index contributed by atoms with van der Waals surface area (Å²) in [6.07, 6.45) is 7.37. The third-order valence-electron chi connectivity index (χ3n) is 6.68. The fourth-order valence-corrected chi connectivity index (χ4v) is 5.09. The molecule has 8 N–H and O–H groups in total. The van der Waals surface area contributed by atoms with Crippen molar-refractivity contribution in [3.8, 4) is 0 Å². The smallest absolute Gasteiger partial charge is 0.326 e. The number of fused-ring (bicyclic) bond motifs is 2. The number of pyridine rings is 1. The molecule has 168 valence electrons. The summed E-state index contributed by atoms with van der Waals surface area (Å²) in [5.74, 6) is -0.0871. The van der Waals surface area contributed by atoms with E-state index in [2.05, 4.69) is 4.98 Å². The van der Waals surface area contributed by atoms with Gasteiger partial charge in [0.15, 0.2) is 0 Å². The molecule has 0 radical (unpaired) electrons. The summed E-state index contributed by atoms with van der Waals surface area (Å²) in [5.41, 5.74) is 16.9. The maximum absolute atomic E-state index is 12.5. The summed E-state index contributed by atoms with van der Waals surface area (Å²) in [4.78, 5) is 39.4. The number of likely N-dealkylation sites (tertiary alicyclic amines) is 1. The Morgan fingerprint density at radius 2 is 1.90 bits per heavy atom. The van der Waals surface area contributed by atoms with Crippen LogP contribution in [0.15, 0.2) is 18.3 Å². The summed E-state index contributed by atoms with van der Waals surface area (Å²) in [5, 5.41) is 16.2. The van der Waals surface area contributed by atoms with E-state index in [1.165, 1.54) is 42.5 Å². The van der Waals surface area contributed by atoms with Crippen LogP contribution in [-0.4, -0.2) is 57.2 Å². The number of carboxylic acid groups (broad SMARTS) is 1. The lowest BCUT2D eigenvalue weighted by atomic mass is 9.83. The molecule has 1 aliphatic heterocycles. The standard InChI is InChI=1S/C14H22N2O3.C7H8N4O/c15-12(10-7-8-3-4-9(10)6-8)13(17)16-5-1-2-11(16)14(18)19;8-6(9)5-2-1-4(3-11-5)7(10)12/h8-12H,1-7,15H2,(H,18,19);1-3H,(H3,8,9)(H2,10,12)/t8?,9?,10?,11-,12-;/m0./s1. The molecule has 1 aromatic heterocycles. The fourth-order valence-electron chi connectivity index (χ4n) is 5.09. The van der Waals surface area contributed by atoms with Crippen molar-refractivity contribution < 1.29 is 19.5 Å². The quantitative estimate of drug-likeness (QED) is 0.327. The average molecular weight is 431 g/mol. The molecule has 31 heavy (non-hydrogen) atoms. The van der Waals surface area contributed by atoms with Crippen LogP contribution in [0.2, 0.25) is 0 Å². The minimum absolute atomic E-state index is 0.133. The van der Waals surface area contributed by atoms with Crippen molar-refractivity contribution >= 4 is 23.6 Å². The minimum atomic E-state index is -0.897. The number of hydrogen-bond donors (Lipinski definition) is 5. The molecule has 3 aliphatic rings. The number of hydrogen-bond acceptors (Lipinski definition) is 6. The van der Waals surface area contributed by atoms with E-state index in [9.17, 15) is 14.4 Å². The number of primary amides is 1. The van der Waals surface area contributed by atoms with Crippen LogP contribution < -0.4 is 17.2 Å². The zero-order chi connectivity index (χ0) is 22.7. The summed E-state index contributed by atoms with van der Waals surface area (Å²) in [6, 6.07) is 1.81. The second-order valence-corrected chi connectivity index (χ2v) is 8.60. The molecule has 5 atom stereocenters. The van der Waals surface area contributed by atoms with Gasteiger partial charge >= 0.3 is 5.97 Å². The number of nitrogens with two attached hydrogens (primary N) is 3. The van der Waals surface area contributed by atoms with Crippen LogP contribution in [0.25, 0.3) is 0 Å². The molecule has 3 fully saturated rings. The van der Waals surface area contributed by atoms with Crippen LogP contribution >= 0.6 is 0 Å². The SMILES string of the molecule is N=C(N)c1ccc(C(N)=O)cn1.N[C@H](C(=O)N1CCC[C@H]1C(=O)O)C1CC2CCC1C2. The lowest BCUT2D eigenvalue weighted by molar-refractivity contribution is -0.149. The lowest BCUT2D eigenvalue weighted by Gasteiger charge is -2.31. The van der Waals surface area contributed by atoms with Crippen LogP contribution in [0, 0.1) is 23.2 Å². The molecule has 1 saturated heterocycles. The van der Waals surface area contributed by atoms with Gasteiger partial charge in [0.05, 0.1) is 11.6 Å². The van der Waals surface area contributed by atoms with E-state index < -0.39 is 24.0 Å². The Bertz CT molecular complexity index is 825. The molecule has 2 saturated carbocycles. The number of nitrogens with zero attached hydrogens (tertiary/aromatic N) is 2. The Labute approximate surface area is 180 Å². The van der Waals surface area contributed by atoms with Crippen LogP contribution in [0.4, 0.5) is 0 Å². The highest BCUT2D eigenvalue weighted by molar-refractivity contribution is 5.95. The Kier molecular flexibility index (Phi) is 6.89. The van der Waals surface area contributed by atoms with Gasteiger partial charge in [-0.3, -0.25) is 20.0 Å². The van der Waals surface area contributed by atoms with E-state index in [0.717, 1.165) is 18.8 Å². The highest BCUT2D eigenvalue weighted by Crippen LogP contribution is 2.49. The summed E-state index contributed by atoms with van der Waals surface area (Å²) >= 11 is 0. The number of nitrogens with one attached hydrogen (secondary N) is 1. The molecule has 0 spiro atoms. The maximum Gasteiger partial charge on any atom is 0.326 e. The Morgan fingerprint density at radius 3 is 2.39 bits per heavy atom. The fraction of sp³-hybridized carbons (Fsp3) is 0.571. The van der Waals surface area contributed by atoms with Crippen molar-refractivity contribution in [3.05, 3.63) is 29.6 Å². The van der Waals surface area contributed by atoms with Gasteiger partial charge in [-0.05, 0) is 62.0 Å². The number of carbonyl (C=O) groups excluding carboxylic acids is 2. The predicted octanol–water partition coefficient (Wildman–Crippen LogP) is 0.290. The zero-order valence-electron chi connectivity index (χ0n) is 17.4. The molecule has 0 aromatic carbocycles. The summed E-state index contributed by atoms with van der Waals surface area (Å²) in [7, 11) is 0. The van der Waals surface area contributed by atoms with Gasteiger partial charge in [-0.15, -0.1) is 0 Å². The molecular weight excluding hydrogens is 400 g/mol. The largest absolute Gasteiger partial charge is 0.480 e. The third kappa shape index (κ3) is 5.01. The summed E-state index contributed by atoms with van der Waals surface area (Å²) in [6.45, 7) is 0.546. The first-order valence-electron chi connectivity index (χ1n) is 10.6. The van der Waals surface area contributed by atoms with Gasteiger partial charge in [-0.2, -0.15) is 0 Å². The minimum Gasteiger partial charge on any atom is -0.480 e. The van der Waals surface area contributed by atoms with Gasteiger partial charge in [0.2, 0.25) is 11.8 Å². The topological polar surface area (TPSA) is 189 Å². The number of amides is 2. The number of carbonyl (C=O) groups is 3. The average Bonchev–Trinajstić information content (AvgIpc) is 3.49. The monoisotopic (exact) mass is 430 g/mol. The first-order chi connectivity index (χ1) is 14.7. The molecule has 3 unspecified atom stereocenters. The maximum atomic E-state index is 12.5. The lowest BCUT2D eigenvalue weighted by Crippen LogP contribution is -2.52. The molecule has 2 bridgehead atoms. The molecule has 4 rings (SSSR count). The Balaban J connectivity index is 0.000000196. The summed E-state index contributed by atoms with van der Waals surface area (Å²) < 4.78 is 0. The second kappa shape index (κ2) is 9.42. The van der Waals surface area contributed by atoms with Crippen molar-refractivity contribution in [2.24, 2.45) is 35.0 Å². The van der Waals surface area contributed by atoms with E-state index in [-0.39, 0.29) is 17.7 Å². The predicted molar refractivity (Wildman–Crippen MR) is 113 cm³/mol.